The van der Waals surface area contributed by atoms with Gasteiger partial charge in [-0.3, -0.25) is 4.79 Å². The summed E-state index contributed by atoms with van der Waals surface area (Å²) in [7, 11) is 3.92. The number of carbonyl (C=O) groups excluding carboxylic acids is 1. The molecular weight excluding hydrogens is 333 g/mol. The summed E-state index contributed by atoms with van der Waals surface area (Å²) in [4.78, 5) is 22.6. The molecule has 26 heavy (non-hydrogen) atoms. The zero-order valence-electron chi connectivity index (χ0n) is 14.4. The molecule has 0 radical (unpaired) electrons. The predicted molar refractivity (Wildman–Crippen MR) is 100 cm³/mol. The van der Waals surface area contributed by atoms with E-state index < -0.39 is 11.7 Å². The van der Waals surface area contributed by atoms with Crippen molar-refractivity contribution in [3.63, 3.8) is 0 Å². The molecule has 0 saturated heterocycles. The molecule has 0 aliphatic rings. The molecule has 2 N–H and O–H groups in total. The number of amides is 1. The van der Waals surface area contributed by atoms with Gasteiger partial charge in [0.25, 0.3) is 5.91 Å². The Balaban J connectivity index is 1.73. The van der Waals surface area contributed by atoms with Crippen LogP contribution >= 0.6 is 0 Å². The highest BCUT2D eigenvalue weighted by Gasteiger charge is 2.11. The van der Waals surface area contributed by atoms with Crippen molar-refractivity contribution in [2.75, 3.05) is 29.6 Å². The molecule has 0 aliphatic carbocycles. The average molecular weight is 351 g/mol. The van der Waals surface area contributed by atoms with E-state index in [-0.39, 0.29) is 17.3 Å². The standard InChI is InChI=1S/C19H18FN5O/c1-25(2)14-9-7-13(8-10-14)22-19-21-12-11-17(24-19)18(26)23-16-6-4-3-5-15(16)20/h3-12H,1-2H3,(H,23,26)(H,21,22,24). The molecule has 7 heteroatoms. The number of nitrogens with one attached hydrogen (secondary N) is 2. The summed E-state index contributed by atoms with van der Waals surface area (Å²) in [5, 5.41) is 5.55. The summed E-state index contributed by atoms with van der Waals surface area (Å²) in [5.74, 6) is -0.735. The Morgan fingerprint density at radius 1 is 1.04 bits per heavy atom. The minimum atomic E-state index is -0.511. The number of benzene rings is 2. The van der Waals surface area contributed by atoms with Crippen molar-refractivity contribution < 1.29 is 9.18 Å². The molecule has 0 saturated carbocycles. The first-order chi connectivity index (χ1) is 12.5. The first-order valence-corrected chi connectivity index (χ1v) is 7.96. The molecular formula is C19H18FN5O. The summed E-state index contributed by atoms with van der Waals surface area (Å²) < 4.78 is 13.7. The number of anilines is 4. The van der Waals surface area contributed by atoms with Crippen molar-refractivity contribution >= 4 is 28.9 Å². The van der Waals surface area contributed by atoms with E-state index in [9.17, 15) is 9.18 Å². The Labute approximate surface area is 150 Å². The normalized spacial score (nSPS) is 10.3. The summed E-state index contributed by atoms with van der Waals surface area (Å²) in [5.41, 5.74) is 2.09. The van der Waals surface area contributed by atoms with Gasteiger partial charge in [-0.1, -0.05) is 12.1 Å². The molecule has 0 atom stereocenters. The van der Waals surface area contributed by atoms with Gasteiger partial charge >= 0.3 is 0 Å². The third kappa shape index (κ3) is 4.13. The maximum atomic E-state index is 13.7. The maximum Gasteiger partial charge on any atom is 0.274 e. The number of aromatic nitrogens is 2. The van der Waals surface area contributed by atoms with Gasteiger partial charge in [-0.15, -0.1) is 0 Å². The minimum absolute atomic E-state index is 0.102. The summed E-state index contributed by atoms with van der Waals surface area (Å²) in [6.45, 7) is 0. The molecule has 132 valence electrons. The SMILES string of the molecule is CN(C)c1ccc(Nc2nccc(C(=O)Nc3ccccc3F)n2)cc1. The summed E-state index contributed by atoms with van der Waals surface area (Å²) >= 11 is 0. The summed E-state index contributed by atoms with van der Waals surface area (Å²) in [6.07, 6.45) is 1.47. The fourth-order valence-corrected chi connectivity index (χ4v) is 2.27. The van der Waals surface area contributed by atoms with Gasteiger partial charge in [-0.25, -0.2) is 14.4 Å². The Morgan fingerprint density at radius 3 is 2.46 bits per heavy atom. The second-order valence-electron chi connectivity index (χ2n) is 5.77. The maximum absolute atomic E-state index is 13.7. The Hall–Kier alpha value is -3.48. The van der Waals surface area contributed by atoms with E-state index >= 15 is 0 Å². The number of hydrogen-bond donors (Lipinski definition) is 2. The van der Waals surface area contributed by atoms with Gasteiger partial charge in [-0.05, 0) is 42.5 Å². The number of para-hydroxylation sites is 1. The number of nitrogens with zero attached hydrogens (tertiary/aromatic N) is 3. The van der Waals surface area contributed by atoms with Gasteiger partial charge in [0, 0.05) is 31.7 Å². The fourth-order valence-electron chi connectivity index (χ4n) is 2.27. The second-order valence-corrected chi connectivity index (χ2v) is 5.77. The molecule has 0 bridgehead atoms. The van der Waals surface area contributed by atoms with Gasteiger partial charge < -0.3 is 15.5 Å². The van der Waals surface area contributed by atoms with Crippen LogP contribution in [0.3, 0.4) is 0 Å². The lowest BCUT2D eigenvalue weighted by Gasteiger charge is -2.13. The first kappa shape index (κ1) is 17.3. The van der Waals surface area contributed by atoms with Crippen molar-refractivity contribution in [1.29, 1.82) is 0 Å². The zero-order chi connectivity index (χ0) is 18.5. The highest BCUT2D eigenvalue weighted by Crippen LogP contribution is 2.18. The molecule has 1 aromatic heterocycles. The van der Waals surface area contributed by atoms with Crippen molar-refractivity contribution in [2.24, 2.45) is 0 Å². The van der Waals surface area contributed by atoms with Crippen molar-refractivity contribution in [1.82, 2.24) is 9.97 Å². The number of hydrogen-bond acceptors (Lipinski definition) is 5. The van der Waals surface area contributed by atoms with E-state index in [1.54, 1.807) is 12.1 Å². The van der Waals surface area contributed by atoms with E-state index in [2.05, 4.69) is 20.6 Å². The lowest BCUT2D eigenvalue weighted by Crippen LogP contribution is -2.15. The van der Waals surface area contributed by atoms with E-state index in [0.717, 1.165) is 11.4 Å². The second kappa shape index (κ2) is 7.60. The van der Waals surface area contributed by atoms with Gasteiger partial charge in [0.15, 0.2) is 0 Å². The molecule has 0 fully saturated rings. The molecule has 1 amide bonds. The van der Waals surface area contributed by atoms with Gasteiger partial charge in [-0.2, -0.15) is 0 Å². The fraction of sp³-hybridized carbons (Fsp3) is 0.105. The van der Waals surface area contributed by atoms with Crippen LogP contribution in [0.4, 0.5) is 27.4 Å². The van der Waals surface area contributed by atoms with Gasteiger partial charge in [0.2, 0.25) is 5.95 Å². The van der Waals surface area contributed by atoms with Crippen LogP contribution in [-0.4, -0.2) is 30.0 Å². The van der Waals surface area contributed by atoms with Crippen LogP contribution in [0.25, 0.3) is 0 Å². The van der Waals surface area contributed by atoms with Crippen LogP contribution in [-0.2, 0) is 0 Å². The lowest BCUT2D eigenvalue weighted by atomic mass is 10.2. The van der Waals surface area contributed by atoms with Crippen molar-refractivity contribution in [2.45, 2.75) is 0 Å². The number of carbonyl (C=O) groups is 1. The van der Waals surface area contributed by atoms with Gasteiger partial charge in [0.1, 0.15) is 11.5 Å². The molecule has 1 heterocycles. The molecule has 0 unspecified atom stereocenters. The Kier molecular flexibility index (Phi) is 5.07. The average Bonchev–Trinajstić information content (AvgIpc) is 2.64. The zero-order valence-corrected chi connectivity index (χ0v) is 14.4. The highest BCUT2D eigenvalue weighted by molar-refractivity contribution is 6.03. The third-order valence-electron chi connectivity index (χ3n) is 3.65. The third-order valence-corrected chi connectivity index (χ3v) is 3.65. The number of rotatable bonds is 5. The minimum Gasteiger partial charge on any atom is -0.378 e. The van der Waals surface area contributed by atoms with Gasteiger partial charge in [0.05, 0.1) is 5.69 Å². The molecule has 3 rings (SSSR count). The first-order valence-electron chi connectivity index (χ1n) is 7.96. The Morgan fingerprint density at radius 2 is 1.77 bits per heavy atom. The van der Waals surface area contributed by atoms with Crippen LogP contribution in [0.5, 0.6) is 0 Å². The molecule has 0 aliphatic heterocycles. The van der Waals surface area contributed by atoms with Crippen LogP contribution in [0.15, 0.2) is 60.8 Å². The van der Waals surface area contributed by atoms with Crippen LogP contribution in [0, 0.1) is 5.82 Å². The van der Waals surface area contributed by atoms with E-state index in [1.165, 1.54) is 24.4 Å². The van der Waals surface area contributed by atoms with Crippen molar-refractivity contribution in [3.8, 4) is 0 Å². The van der Waals surface area contributed by atoms with Crippen LogP contribution < -0.4 is 15.5 Å². The van der Waals surface area contributed by atoms with Crippen LogP contribution in [0.2, 0.25) is 0 Å². The largest absolute Gasteiger partial charge is 0.378 e. The highest BCUT2D eigenvalue weighted by atomic mass is 19.1. The molecule has 6 nitrogen and oxygen atoms in total. The van der Waals surface area contributed by atoms with Crippen molar-refractivity contribution in [3.05, 3.63) is 72.3 Å². The van der Waals surface area contributed by atoms with Crippen LogP contribution in [0.1, 0.15) is 10.5 Å². The summed E-state index contributed by atoms with van der Waals surface area (Å²) in [6, 6.07) is 15.1. The predicted octanol–water partition coefficient (Wildman–Crippen LogP) is 3.68. The van der Waals surface area contributed by atoms with E-state index in [4.69, 9.17) is 0 Å². The molecule has 0 spiro atoms. The quantitative estimate of drug-likeness (QED) is 0.734. The molecule has 2 aromatic carbocycles. The topological polar surface area (TPSA) is 70.2 Å². The monoisotopic (exact) mass is 351 g/mol. The molecule has 3 aromatic rings. The number of halogens is 1. The van der Waals surface area contributed by atoms with E-state index in [0.29, 0.717) is 0 Å². The Bertz CT molecular complexity index is 912. The van der Waals surface area contributed by atoms with E-state index in [1.807, 2.05) is 43.3 Å². The lowest BCUT2D eigenvalue weighted by molar-refractivity contribution is 0.102. The smallest absolute Gasteiger partial charge is 0.274 e.